The van der Waals surface area contributed by atoms with Gasteiger partial charge in [-0.15, -0.1) is 28.1 Å². The van der Waals surface area contributed by atoms with Crippen molar-refractivity contribution in [2.45, 2.75) is 11.7 Å². The number of nitrogens with zero attached hydrogens (tertiary/aromatic N) is 5. The van der Waals surface area contributed by atoms with E-state index >= 15 is 0 Å². The largest absolute Gasteiger partial charge is 0.301 e. The molecule has 4 rings (SSSR count). The molecule has 0 aliphatic rings. The molecule has 0 saturated carbocycles. The SMILES string of the molecule is C=CCn1c(=O)c2ccccc2n2c(SCC(=O)Nc3nccs3)nnc12. The number of carbonyl (C=O) groups is 1. The lowest BCUT2D eigenvalue weighted by Gasteiger charge is -2.09. The highest BCUT2D eigenvalue weighted by Crippen LogP contribution is 2.22. The molecule has 136 valence electrons. The zero-order chi connectivity index (χ0) is 18.8. The van der Waals surface area contributed by atoms with Crippen LogP contribution in [0.25, 0.3) is 16.7 Å². The lowest BCUT2D eigenvalue weighted by atomic mass is 10.2. The summed E-state index contributed by atoms with van der Waals surface area (Å²) in [5.41, 5.74) is 0.550. The van der Waals surface area contributed by atoms with E-state index < -0.39 is 0 Å². The molecule has 3 heterocycles. The van der Waals surface area contributed by atoms with E-state index in [1.165, 1.54) is 27.7 Å². The molecule has 0 aliphatic heterocycles. The van der Waals surface area contributed by atoms with Gasteiger partial charge in [0.05, 0.1) is 16.7 Å². The van der Waals surface area contributed by atoms with Crippen molar-refractivity contribution < 1.29 is 4.79 Å². The Hall–Kier alpha value is -2.98. The van der Waals surface area contributed by atoms with Crippen LogP contribution in [0.1, 0.15) is 0 Å². The third-order valence-electron chi connectivity index (χ3n) is 3.80. The molecular formula is C17H14N6O2S2. The summed E-state index contributed by atoms with van der Waals surface area (Å²) < 4.78 is 3.31. The van der Waals surface area contributed by atoms with Gasteiger partial charge in [0.1, 0.15) is 0 Å². The average Bonchev–Trinajstić information content (AvgIpc) is 3.33. The zero-order valence-electron chi connectivity index (χ0n) is 14.0. The Balaban J connectivity index is 1.72. The molecule has 10 heteroatoms. The number of anilines is 1. The van der Waals surface area contributed by atoms with E-state index in [-0.39, 0.29) is 17.2 Å². The van der Waals surface area contributed by atoms with Crippen molar-refractivity contribution in [3.63, 3.8) is 0 Å². The van der Waals surface area contributed by atoms with Crippen LogP contribution in [-0.4, -0.2) is 35.8 Å². The first-order chi connectivity index (χ1) is 13.2. The minimum absolute atomic E-state index is 0.148. The maximum atomic E-state index is 12.7. The van der Waals surface area contributed by atoms with Crippen LogP contribution in [0.2, 0.25) is 0 Å². The van der Waals surface area contributed by atoms with E-state index in [1.807, 2.05) is 18.2 Å². The normalized spacial score (nSPS) is 11.1. The number of rotatable bonds is 6. The maximum Gasteiger partial charge on any atom is 0.263 e. The van der Waals surface area contributed by atoms with E-state index in [0.29, 0.717) is 33.5 Å². The van der Waals surface area contributed by atoms with E-state index in [0.717, 1.165) is 0 Å². The van der Waals surface area contributed by atoms with E-state index in [4.69, 9.17) is 0 Å². The molecule has 0 radical (unpaired) electrons. The quantitative estimate of drug-likeness (QED) is 0.396. The summed E-state index contributed by atoms with van der Waals surface area (Å²) in [7, 11) is 0. The van der Waals surface area contributed by atoms with Crippen molar-refractivity contribution in [3.8, 4) is 0 Å². The molecule has 0 saturated heterocycles. The van der Waals surface area contributed by atoms with Crippen molar-refractivity contribution in [2.24, 2.45) is 0 Å². The Morgan fingerprint density at radius 3 is 2.96 bits per heavy atom. The standard InChI is InChI=1S/C17H14N6O2S2/c1-2-8-22-14(25)11-5-3-4-6-12(11)23-16(22)20-21-17(23)27-10-13(24)19-15-18-7-9-26-15/h2-7,9H,1,8,10H2,(H,18,19,24). The van der Waals surface area contributed by atoms with Gasteiger partial charge in [-0.25, -0.2) is 4.98 Å². The average molecular weight is 398 g/mol. The highest BCUT2D eigenvalue weighted by molar-refractivity contribution is 7.99. The minimum atomic E-state index is -0.185. The number of thioether (sulfide) groups is 1. The number of nitrogens with one attached hydrogen (secondary N) is 1. The summed E-state index contributed by atoms with van der Waals surface area (Å²) in [6, 6.07) is 7.26. The van der Waals surface area contributed by atoms with Crippen LogP contribution in [0.4, 0.5) is 5.13 Å². The number of amides is 1. The van der Waals surface area contributed by atoms with Gasteiger partial charge < -0.3 is 5.32 Å². The predicted octanol–water partition coefficient (Wildman–Crippen LogP) is 2.42. The van der Waals surface area contributed by atoms with Crippen LogP contribution in [-0.2, 0) is 11.3 Å². The second-order valence-electron chi connectivity index (χ2n) is 5.51. The van der Waals surface area contributed by atoms with Crippen molar-refractivity contribution in [3.05, 3.63) is 58.9 Å². The number of aromatic nitrogens is 5. The van der Waals surface area contributed by atoms with Crippen LogP contribution in [0.3, 0.4) is 0 Å². The highest BCUT2D eigenvalue weighted by Gasteiger charge is 2.17. The Labute approximate surface area is 161 Å². The maximum absolute atomic E-state index is 12.7. The van der Waals surface area contributed by atoms with Gasteiger partial charge in [-0.1, -0.05) is 30.0 Å². The van der Waals surface area contributed by atoms with Crippen LogP contribution in [0.5, 0.6) is 0 Å². The number of hydrogen-bond donors (Lipinski definition) is 1. The molecule has 1 aromatic carbocycles. The van der Waals surface area contributed by atoms with Gasteiger partial charge in [0.2, 0.25) is 11.7 Å². The van der Waals surface area contributed by atoms with Crippen LogP contribution < -0.4 is 10.9 Å². The Morgan fingerprint density at radius 1 is 1.33 bits per heavy atom. The Morgan fingerprint density at radius 2 is 2.19 bits per heavy atom. The first-order valence-electron chi connectivity index (χ1n) is 7.98. The molecule has 1 N–H and O–H groups in total. The second kappa shape index (κ2) is 7.33. The third-order valence-corrected chi connectivity index (χ3v) is 5.42. The fourth-order valence-corrected chi connectivity index (χ4v) is 3.98. The molecule has 0 bridgehead atoms. The fourth-order valence-electron chi connectivity index (χ4n) is 2.69. The molecule has 3 aromatic heterocycles. The Kier molecular flexibility index (Phi) is 4.73. The fraction of sp³-hybridized carbons (Fsp3) is 0.118. The lowest BCUT2D eigenvalue weighted by Crippen LogP contribution is -2.22. The summed E-state index contributed by atoms with van der Waals surface area (Å²) in [4.78, 5) is 28.9. The highest BCUT2D eigenvalue weighted by atomic mass is 32.2. The second-order valence-corrected chi connectivity index (χ2v) is 7.35. The molecule has 4 aromatic rings. The minimum Gasteiger partial charge on any atom is -0.301 e. The predicted molar refractivity (Wildman–Crippen MR) is 106 cm³/mol. The van der Waals surface area contributed by atoms with Gasteiger partial charge in [-0.3, -0.25) is 18.6 Å². The number of allylic oxidation sites excluding steroid dienone is 1. The topological polar surface area (TPSA) is 94.2 Å². The zero-order valence-corrected chi connectivity index (χ0v) is 15.7. The van der Waals surface area contributed by atoms with E-state index in [9.17, 15) is 9.59 Å². The summed E-state index contributed by atoms with van der Waals surface area (Å²) in [5, 5.41) is 14.5. The van der Waals surface area contributed by atoms with E-state index in [1.54, 1.807) is 28.1 Å². The first-order valence-corrected chi connectivity index (χ1v) is 9.85. The summed E-state index contributed by atoms with van der Waals surface area (Å²) in [5.74, 6) is 0.381. The van der Waals surface area contributed by atoms with Crippen molar-refractivity contribution >= 4 is 50.8 Å². The Bertz CT molecular complexity index is 1200. The first kappa shape index (κ1) is 17.4. The van der Waals surface area contributed by atoms with Crippen molar-refractivity contribution in [1.82, 2.24) is 24.1 Å². The lowest BCUT2D eigenvalue weighted by molar-refractivity contribution is -0.113. The molecule has 8 nitrogen and oxygen atoms in total. The molecule has 1 amide bonds. The molecule has 0 unspecified atom stereocenters. The summed E-state index contributed by atoms with van der Waals surface area (Å²) in [6.45, 7) is 4.03. The van der Waals surface area contributed by atoms with Crippen LogP contribution >= 0.6 is 23.1 Å². The number of fused-ring (bicyclic) bond motifs is 3. The monoisotopic (exact) mass is 398 g/mol. The number of carbonyl (C=O) groups excluding carboxylic acids is 1. The molecule has 0 aliphatic carbocycles. The van der Waals surface area contributed by atoms with Gasteiger partial charge in [-0.2, -0.15) is 0 Å². The van der Waals surface area contributed by atoms with Crippen molar-refractivity contribution in [2.75, 3.05) is 11.1 Å². The van der Waals surface area contributed by atoms with Gasteiger partial charge in [0.25, 0.3) is 5.56 Å². The number of hydrogen-bond acceptors (Lipinski definition) is 7. The molecule has 0 atom stereocenters. The van der Waals surface area contributed by atoms with Crippen LogP contribution in [0, 0.1) is 0 Å². The van der Waals surface area contributed by atoms with E-state index in [2.05, 4.69) is 27.1 Å². The number of thiazole rings is 1. The summed E-state index contributed by atoms with van der Waals surface area (Å²) >= 11 is 2.60. The van der Waals surface area contributed by atoms with Gasteiger partial charge >= 0.3 is 0 Å². The number of benzene rings is 1. The van der Waals surface area contributed by atoms with Crippen LogP contribution in [0.15, 0.2) is 58.4 Å². The van der Waals surface area contributed by atoms with Crippen molar-refractivity contribution in [1.29, 1.82) is 0 Å². The molecule has 27 heavy (non-hydrogen) atoms. The third kappa shape index (κ3) is 3.24. The van der Waals surface area contributed by atoms with Gasteiger partial charge in [0, 0.05) is 18.1 Å². The molecule has 0 fully saturated rings. The smallest absolute Gasteiger partial charge is 0.263 e. The van der Waals surface area contributed by atoms with Gasteiger partial charge in [-0.05, 0) is 12.1 Å². The molecular weight excluding hydrogens is 384 g/mol. The van der Waals surface area contributed by atoms with Gasteiger partial charge in [0.15, 0.2) is 10.3 Å². The molecule has 0 spiro atoms. The number of para-hydroxylation sites is 1. The summed E-state index contributed by atoms with van der Waals surface area (Å²) in [6.07, 6.45) is 3.27.